The smallest absolute Gasteiger partial charge is 0.319 e. The first-order chi connectivity index (χ1) is 9.19. The molecule has 1 aromatic rings. The fraction of sp³-hybridized carbons (Fsp3) is 0.643. The van der Waals surface area contributed by atoms with E-state index in [0.29, 0.717) is 36.4 Å². The largest absolute Gasteiger partial charge is 0.481 e. The summed E-state index contributed by atoms with van der Waals surface area (Å²) in [4.78, 5) is 20.1. The van der Waals surface area contributed by atoms with E-state index in [2.05, 4.69) is 16.9 Å². The summed E-state index contributed by atoms with van der Waals surface area (Å²) in [6, 6.07) is 0.334. The predicted octanol–water partition coefficient (Wildman–Crippen LogP) is 2.28. The quantitative estimate of drug-likeness (QED) is 0.835. The van der Waals surface area contributed by atoms with Gasteiger partial charge in [-0.15, -0.1) is 0 Å². The number of methoxy groups -OCH3 is 2. The van der Waals surface area contributed by atoms with Crippen molar-refractivity contribution < 1.29 is 14.3 Å². The van der Waals surface area contributed by atoms with E-state index in [1.165, 1.54) is 0 Å². The number of carbonyl (C=O) groups is 1. The fourth-order valence-electron chi connectivity index (χ4n) is 2.60. The minimum atomic E-state index is 0.304. The molecule has 1 aliphatic rings. The van der Waals surface area contributed by atoms with Gasteiger partial charge in [0.1, 0.15) is 5.78 Å². The molecular formula is C14H20N2O3. The molecular weight excluding hydrogens is 244 g/mol. The van der Waals surface area contributed by atoms with Crippen LogP contribution in [-0.4, -0.2) is 30.0 Å². The van der Waals surface area contributed by atoms with Crippen LogP contribution in [0.3, 0.4) is 0 Å². The Balaban J connectivity index is 2.39. The van der Waals surface area contributed by atoms with Crippen molar-refractivity contribution in [1.82, 2.24) is 9.97 Å². The molecule has 5 nitrogen and oxygen atoms in total. The zero-order chi connectivity index (χ0) is 13.8. The van der Waals surface area contributed by atoms with Gasteiger partial charge in [0.15, 0.2) is 0 Å². The molecule has 1 aromatic heterocycles. The van der Waals surface area contributed by atoms with Gasteiger partial charge in [-0.1, -0.05) is 6.92 Å². The third-order valence-corrected chi connectivity index (χ3v) is 3.64. The van der Waals surface area contributed by atoms with Crippen LogP contribution in [-0.2, 0) is 11.2 Å². The topological polar surface area (TPSA) is 61.3 Å². The van der Waals surface area contributed by atoms with Gasteiger partial charge in [-0.2, -0.15) is 9.97 Å². The highest BCUT2D eigenvalue weighted by Crippen LogP contribution is 2.35. The summed E-state index contributed by atoms with van der Waals surface area (Å²) < 4.78 is 10.5. The number of hydrogen-bond acceptors (Lipinski definition) is 5. The molecule has 1 fully saturated rings. The molecule has 1 saturated carbocycles. The maximum Gasteiger partial charge on any atom is 0.319 e. The molecule has 0 saturated heterocycles. The number of ketones is 1. The van der Waals surface area contributed by atoms with E-state index in [1.807, 2.05) is 0 Å². The van der Waals surface area contributed by atoms with Gasteiger partial charge in [0.25, 0.3) is 0 Å². The molecule has 19 heavy (non-hydrogen) atoms. The maximum absolute atomic E-state index is 11.4. The Morgan fingerprint density at radius 1 is 1.16 bits per heavy atom. The number of aromatic nitrogens is 2. The summed E-state index contributed by atoms with van der Waals surface area (Å²) in [5, 5.41) is 0. The lowest BCUT2D eigenvalue weighted by Gasteiger charge is -2.23. The number of Topliss-reactive ketones (excluding diaryl/α,β-unsaturated/α-hetero) is 1. The van der Waals surface area contributed by atoms with Crippen LogP contribution in [0.15, 0.2) is 0 Å². The second-order valence-corrected chi connectivity index (χ2v) is 4.75. The lowest BCUT2D eigenvalue weighted by molar-refractivity contribution is -0.120. The maximum atomic E-state index is 11.4. The van der Waals surface area contributed by atoms with Crippen LogP contribution < -0.4 is 9.47 Å². The fourth-order valence-corrected chi connectivity index (χ4v) is 2.60. The summed E-state index contributed by atoms with van der Waals surface area (Å²) in [5.41, 5.74) is 2.02. The second-order valence-electron chi connectivity index (χ2n) is 4.75. The Kier molecular flexibility index (Phi) is 4.35. The van der Waals surface area contributed by atoms with Gasteiger partial charge in [-0.05, 0) is 19.3 Å². The third kappa shape index (κ3) is 2.85. The molecule has 1 aliphatic carbocycles. The van der Waals surface area contributed by atoms with Crippen LogP contribution in [0.25, 0.3) is 0 Å². The minimum Gasteiger partial charge on any atom is -0.481 e. The van der Waals surface area contributed by atoms with E-state index in [0.717, 1.165) is 30.5 Å². The van der Waals surface area contributed by atoms with E-state index >= 15 is 0 Å². The Bertz CT molecular complexity index is 464. The molecule has 0 N–H and O–H groups in total. The average Bonchev–Trinajstić information content (AvgIpc) is 2.46. The van der Waals surface area contributed by atoms with Crippen LogP contribution in [0.2, 0.25) is 0 Å². The number of hydrogen-bond donors (Lipinski definition) is 0. The monoisotopic (exact) mass is 264 g/mol. The van der Waals surface area contributed by atoms with E-state index < -0.39 is 0 Å². The van der Waals surface area contributed by atoms with Crippen molar-refractivity contribution >= 4 is 5.78 Å². The average molecular weight is 264 g/mol. The van der Waals surface area contributed by atoms with Crippen molar-refractivity contribution in [3.8, 4) is 11.9 Å². The normalized spacial score (nSPS) is 16.5. The summed E-state index contributed by atoms with van der Waals surface area (Å²) in [5.74, 6) is 1.24. The van der Waals surface area contributed by atoms with Crippen LogP contribution in [0, 0.1) is 0 Å². The van der Waals surface area contributed by atoms with Crippen molar-refractivity contribution in [2.45, 2.75) is 44.9 Å². The van der Waals surface area contributed by atoms with E-state index in [9.17, 15) is 4.79 Å². The Morgan fingerprint density at radius 2 is 1.84 bits per heavy atom. The highest BCUT2D eigenvalue weighted by molar-refractivity contribution is 5.79. The van der Waals surface area contributed by atoms with Crippen LogP contribution in [0.5, 0.6) is 11.9 Å². The number of ether oxygens (including phenoxy) is 2. The van der Waals surface area contributed by atoms with E-state index in [1.54, 1.807) is 14.2 Å². The molecule has 0 radical (unpaired) electrons. The van der Waals surface area contributed by atoms with Gasteiger partial charge in [0, 0.05) is 24.3 Å². The van der Waals surface area contributed by atoms with Crippen molar-refractivity contribution in [2.24, 2.45) is 0 Å². The molecule has 0 unspecified atom stereocenters. The standard InChI is InChI=1S/C14H20N2O3/c1-4-11-12(9-5-7-10(17)8-6-9)15-14(19-3)16-13(11)18-2/h9H,4-8H2,1-3H3. The SMILES string of the molecule is CCc1c(OC)nc(OC)nc1C1CCC(=O)CC1. The molecule has 1 heterocycles. The number of nitrogens with zero attached hydrogens (tertiary/aromatic N) is 2. The molecule has 0 bridgehead atoms. The highest BCUT2D eigenvalue weighted by atomic mass is 16.5. The molecule has 0 aliphatic heterocycles. The van der Waals surface area contributed by atoms with Gasteiger partial charge in [0.05, 0.1) is 19.9 Å². The van der Waals surface area contributed by atoms with E-state index in [-0.39, 0.29) is 0 Å². The summed E-state index contributed by atoms with van der Waals surface area (Å²) >= 11 is 0. The van der Waals surface area contributed by atoms with E-state index in [4.69, 9.17) is 9.47 Å². The molecule has 5 heteroatoms. The van der Waals surface area contributed by atoms with Gasteiger partial charge < -0.3 is 9.47 Å². The second kappa shape index (κ2) is 5.99. The summed E-state index contributed by atoms with van der Waals surface area (Å²) in [6.07, 6.45) is 3.81. The van der Waals surface area contributed by atoms with Crippen molar-refractivity contribution in [3.63, 3.8) is 0 Å². The van der Waals surface area contributed by atoms with Crippen LogP contribution in [0.4, 0.5) is 0 Å². The summed E-state index contributed by atoms with van der Waals surface area (Å²) in [7, 11) is 3.16. The lowest BCUT2D eigenvalue weighted by atomic mass is 9.84. The first kappa shape index (κ1) is 13.8. The summed E-state index contributed by atoms with van der Waals surface area (Å²) in [6.45, 7) is 2.06. The zero-order valence-corrected chi connectivity index (χ0v) is 11.7. The molecule has 0 atom stereocenters. The van der Waals surface area contributed by atoms with Crippen molar-refractivity contribution in [1.29, 1.82) is 0 Å². The van der Waals surface area contributed by atoms with Gasteiger partial charge in [0.2, 0.25) is 5.88 Å². The molecule has 0 spiro atoms. The zero-order valence-electron chi connectivity index (χ0n) is 11.7. The van der Waals surface area contributed by atoms with Gasteiger partial charge in [-0.3, -0.25) is 4.79 Å². The Hall–Kier alpha value is -1.65. The molecule has 2 rings (SSSR count). The van der Waals surface area contributed by atoms with Gasteiger partial charge >= 0.3 is 6.01 Å². The lowest BCUT2D eigenvalue weighted by Crippen LogP contribution is -2.16. The molecule has 0 amide bonds. The molecule has 104 valence electrons. The van der Waals surface area contributed by atoms with Crippen LogP contribution >= 0.6 is 0 Å². The highest BCUT2D eigenvalue weighted by Gasteiger charge is 2.26. The first-order valence-electron chi connectivity index (χ1n) is 6.70. The third-order valence-electron chi connectivity index (χ3n) is 3.64. The molecule has 0 aromatic carbocycles. The Labute approximate surface area is 113 Å². The minimum absolute atomic E-state index is 0.304. The number of carbonyl (C=O) groups excluding carboxylic acids is 1. The predicted molar refractivity (Wildman–Crippen MR) is 70.7 cm³/mol. The first-order valence-corrected chi connectivity index (χ1v) is 6.70. The van der Waals surface area contributed by atoms with Crippen molar-refractivity contribution in [3.05, 3.63) is 11.3 Å². The van der Waals surface area contributed by atoms with Crippen LogP contribution in [0.1, 0.15) is 49.8 Å². The Morgan fingerprint density at radius 3 is 2.37 bits per heavy atom. The van der Waals surface area contributed by atoms with Gasteiger partial charge in [-0.25, -0.2) is 0 Å². The number of rotatable bonds is 4. The van der Waals surface area contributed by atoms with Crippen molar-refractivity contribution in [2.75, 3.05) is 14.2 Å².